The minimum Gasteiger partial charge on any atom is -0.380 e. The van der Waals surface area contributed by atoms with Gasteiger partial charge in [-0.3, -0.25) is 4.79 Å². The molecular weight excluding hydrogens is 328 g/mol. The largest absolute Gasteiger partial charge is 0.380 e. The topological polar surface area (TPSA) is 51.2 Å². The number of methoxy groups -OCH3 is 1. The summed E-state index contributed by atoms with van der Waals surface area (Å²) in [5, 5.41) is 5.48. The van der Waals surface area contributed by atoms with Crippen LogP contribution in [0, 0.1) is 6.92 Å². The van der Waals surface area contributed by atoms with Crippen LogP contribution in [0.25, 0.3) is 0 Å². The second-order valence-corrected chi connectivity index (χ2v) is 5.82. The van der Waals surface area contributed by atoms with E-state index in [1.807, 2.05) is 25.1 Å². The van der Waals surface area contributed by atoms with Crippen molar-refractivity contribution in [3.05, 3.63) is 44.3 Å². The Morgan fingerprint density at radius 2 is 2.32 bits per heavy atom. The minimum atomic E-state index is -0.209. The summed E-state index contributed by atoms with van der Waals surface area (Å²) in [6, 6.07) is 5.62. The van der Waals surface area contributed by atoms with Gasteiger partial charge >= 0.3 is 0 Å². The molecule has 0 bridgehead atoms. The number of hydrogen-bond donors (Lipinski definition) is 1. The lowest BCUT2D eigenvalue weighted by atomic mass is 10.2. The predicted molar refractivity (Wildman–Crippen MR) is 79.7 cm³/mol. The van der Waals surface area contributed by atoms with Crippen molar-refractivity contribution in [2.45, 2.75) is 13.5 Å². The van der Waals surface area contributed by atoms with Crippen LogP contribution in [-0.2, 0) is 11.3 Å². The summed E-state index contributed by atoms with van der Waals surface area (Å²) in [4.78, 5) is 16.2. The molecule has 19 heavy (non-hydrogen) atoms. The molecule has 2 aromatic rings. The molecule has 0 saturated heterocycles. The molecule has 1 heterocycles. The Kier molecular flexibility index (Phi) is 4.68. The highest BCUT2D eigenvalue weighted by atomic mass is 79.9. The SMILES string of the molecule is COCc1c(Br)cccc1NC(=O)c1csc(C)n1. The first kappa shape index (κ1) is 14.2. The lowest BCUT2D eigenvalue weighted by Gasteiger charge is -2.11. The zero-order valence-corrected chi connectivity index (χ0v) is 13.0. The van der Waals surface area contributed by atoms with Crippen LogP contribution in [0.1, 0.15) is 21.1 Å². The van der Waals surface area contributed by atoms with Gasteiger partial charge in [0.05, 0.1) is 11.6 Å². The number of hydrogen-bond acceptors (Lipinski definition) is 4. The Labute approximate surface area is 124 Å². The van der Waals surface area contributed by atoms with Gasteiger partial charge in [0.25, 0.3) is 5.91 Å². The van der Waals surface area contributed by atoms with E-state index >= 15 is 0 Å². The van der Waals surface area contributed by atoms with Gasteiger partial charge in [-0.2, -0.15) is 0 Å². The minimum absolute atomic E-state index is 0.209. The number of benzene rings is 1. The van der Waals surface area contributed by atoms with E-state index in [1.54, 1.807) is 12.5 Å². The number of nitrogens with zero attached hydrogens (tertiary/aromatic N) is 1. The molecule has 1 aromatic carbocycles. The smallest absolute Gasteiger partial charge is 0.275 e. The first-order valence-electron chi connectivity index (χ1n) is 5.61. The lowest BCUT2D eigenvalue weighted by molar-refractivity contribution is 0.102. The molecule has 1 N–H and O–H groups in total. The maximum absolute atomic E-state index is 12.1. The van der Waals surface area contributed by atoms with Crippen LogP contribution in [-0.4, -0.2) is 18.0 Å². The highest BCUT2D eigenvalue weighted by Gasteiger charge is 2.13. The van der Waals surface area contributed by atoms with Crippen LogP contribution in [0.2, 0.25) is 0 Å². The second kappa shape index (κ2) is 6.27. The summed E-state index contributed by atoms with van der Waals surface area (Å²) in [5.41, 5.74) is 2.07. The van der Waals surface area contributed by atoms with Crippen molar-refractivity contribution in [2.24, 2.45) is 0 Å². The molecule has 0 aliphatic rings. The quantitative estimate of drug-likeness (QED) is 0.924. The third-order valence-electron chi connectivity index (χ3n) is 2.51. The average Bonchev–Trinajstić information content (AvgIpc) is 2.80. The van der Waals surface area contributed by atoms with E-state index in [4.69, 9.17) is 4.74 Å². The van der Waals surface area contributed by atoms with Gasteiger partial charge in [-0.05, 0) is 19.1 Å². The molecule has 2 rings (SSSR count). The molecule has 0 saturated carbocycles. The van der Waals surface area contributed by atoms with Gasteiger partial charge in [0.15, 0.2) is 0 Å². The van der Waals surface area contributed by atoms with Crippen molar-refractivity contribution >= 4 is 38.9 Å². The van der Waals surface area contributed by atoms with Crippen molar-refractivity contribution in [3.8, 4) is 0 Å². The molecule has 0 aliphatic carbocycles. The first-order chi connectivity index (χ1) is 9.11. The number of halogens is 1. The third-order valence-corrected chi connectivity index (χ3v) is 4.02. The van der Waals surface area contributed by atoms with E-state index in [2.05, 4.69) is 26.2 Å². The normalized spacial score (nSPS) is 10.5. The van der Waals surface area contributed by atoms with Gasteiger partial charge in [-0.1, -0.05) is 22.0 Å². The van der Waals surface area contributed by atoms with E-state index in [0.29, 0.717) is 12.3 Å². The Balaban J connectivity index is 2.23. The summed E-state index contributed by atoms with van der Waals surface area (Å²) < 4.78 is 6.05. The number of carbonyl (C=O) groups is 1. The molecule has 0 aliphatic heterocycles. The van der Waals surface area contributed by atoms with Gasteiger partial charge in [0.1, 0.15) is 5.69 Å². The maximum Gasteiger partial charge on any atom is 0.275 e. The fourth-order valence-electron chi connectivity index (χ4n) is 1.62. The van der Waals surface area contributed by atoms with Crippen molar-refractivity contribution in [3.63, 3.8) is 0 Å². The molecule has 0 atom stereocenters. The lowest BCUT2D eigenvalue weighted by Crippen LogP contribution is -2.14. The number of rotatable bonds is 4. The highest BCUT2D eigenvalue weighted by molar-refractivity contribution is 9.10. The van der Waals surface area contributed by atoms with Crippen LogP contribution >= 0.6 is 27.3 Å². The molecule has 0 unspecified atom stereocenters. The van der Waals surface area contributed by atoms with E-state index in [9.17, 15) is 4.79 Å². The van der Waals surface area contributed by atoms with Gasteiger partial charge in [-0.25, -0.2) is 4.98 Å². The van der Waals surface area contributed by atoms with Crippen LogP contribution in [0.3, 0.4) is 0 Å². The van der Waals surface area contributed by atoms with Crippen LogP contribution in [0.4, 0.5) is 5.69 Å². The van der Waals surface area contributed by atoms with Crippen molar-refractivity contribution in [2.75, 3.05) is 12.4 Å². The highest BCUT2D eigenvalue weighted by Crippen LogP contribution is 2.26. The number of ether oxygens (including phenoxy) is 1. The second-order valence-electron chi connectivity index (χ2n) is 3.90. The number of aryl methyl sites for hydroxylation is 1. The Morgan fingerprint density at radius 1 is 1.53 bits per heavy atom. The monoisotopic (exact) mass is 340 g/mol. The van der Waals surface area contributed by atoms with Gasteiger partial charge in [-0.15, -0.1) is 11.3 Å². The average molecular weight is 341 g/mol. The van der Waals surface area contributed by atoms with Crippen LogP contribution < -0.4 is 5.32 Å². The van der Waals surface area contributed by atoms with E-state index < -0.39 is 0 Å². The Morgan fingerprint density at radius 3 is 2.95 bits per heavy atom. The van der Waals surface area contributed by atoms with Crippen molar-refractivity contribution in [1.29, 1.82) is 0 Å². The molecule has 1 aromatic heterocycles. The maximum atomic E-state index is 12.1. The van der Waals surface area contributed by atoms with E-state index in [1.165, 1.54) is 11.3 Å². The molecule has 0 spiro atoms. The Hall–Kier alpha value is -1.24. The van der Waals surface area contributed by atoms with Crippen LogP contribution in [0.5, 0.6) is 0 Å². The summed E-state index contributed by atoms with van der Waals surface area (Å²) in [5.74, 6) is -0.209. The van der Waals surface area contributed by atoms with Crippen molar-refractivity contribution < 1.29 is 9.53 Å². The van der Waals surface area contributed by atoms with Gasteiger partial charge in [0, 0.05) is 28.2 Å². The zero-order valence-electron chi connectivity index (χ0n) is 10.6. The summed E-state index contributed by atoms with van der Waals surface area (Å²) in [6.45, 7) is 2.30. The summed E-state index contributed by atoms with van der Waals surface area (Å²) in [6.07, 6.45) is 0. The first-order valence-corrected chi connectivity index (χ1v) is 7.29. The Bertz CT molecular complexity index is 598. The molecule has 4 nitrogen and oxygen atoms in total. The predicted octanol–water partition coefficient (Wildman–Crippen LogP) is 3.61. The number of anilines is 1. The number of aromatic nitrogens is 1. The summed E-state index contributed by atoms with van der Waals surface area (Å²) in [7, 11) is 1.62. The van der Waals surface area contributed by atoms with Gasteiger partial charge in [0.2, 0.25) is 0 Å². The number of nitrogens with one attached hydrogen (secondary N) is 1. The fourth-order valence-corrected chi connectivity index (χ4v) is 2.69. The fraction of sp³-hybridized carbons (Fsp3) is 0.231. The molecule has 0 fully saturated rings. The molecule has 100 valence electrons. The number of thiazole rings is 1. The molecule has 1 amide bonds. The zero-order chi connectivity index (χ0) is 13.8. The third kappa shape index (κ3) is 3.40. The molecule has 6 heteroatoms. The standard InChI is InChI=1S/C13H13BrN2O2S/c1-8-15-12(7-19-8)13(17)16-11-5-3-4-10(14)9(11)6-18-2/h3-5,7H,6H2,1-2H3,(H,16,17). The molecular formula is C13H13BrN2O2S. The number of carbonyl (C=O) groups excluding carboxylic acids is 1. The summed E-state index contributed by atoms with van der Waals surface area (Å²) >= 11 is 4.91. The van der Waals surface area contributed by atoms with Crippen LogP contribution in [0.15, 0.2) is 28.1 Å². The van der Waals surface area contributed by atoms with Crippen molar-refractivity contribution in [1.82, 2.24) is 4.98 Å². The van der Waals surface area contributed by atoms with E-state index in [0.717, 1.165) is 20.7 Å². The van der Waals surface area contributed by atoms with Gasteiger partial charge < -0.3 is 10.1 Å². The number of amides is 1. The molecule has 0 radical (unpaired) electrons. The van der Waals surface area contributed by atoms with E-state index in [-0.39, 0.29) is 5.91 Å².